The third-order valence-corrected chi connectivity index (χ3v) is 4.05. The fourth-order valence-corrected chi connectivity index (χ4v) is 2.99. The topological polar surface area (TPSA) is 31.5 Å². The second-order valence-electron chi connectivity index (χ2n) is 5.60. The summed E-state index contributed by atoms with van der Waals surface area (Å²) in [6.07, 6.45) is 2.08. The molecule has 0 aliphatic rings. The predicted molar refractivity (Wildman–Crippen MR) is 91.6 cm³/mol. The first kappa shape index (κ1) is 14.0. The van der Waals surface area contributed by atoms with Gasteiger partial charge in [0.1, 0.15) is 0 Å². The second kappa shape index (κ2) is 5.89. The maximum Gasteiger partial charge on any atom is 0.215 e. The molecule has 0 aliphatic carbocycles. The van der Waals surface area contributed by atoms with Crippen molar-refractivity contribution >= 4 is 16.8 Å². The van der Waals surface area contributed by atoms with Crippen LogP contribution in [0, 0.1) is 0 Å². The van der Waals surface area contributed by atoms with Crippen LogP contribution >= 0.6 is 0 Å². The molecule has 0 amide bonds. The van der Waals surface area contributed by atoms with E-state index in [1.807, 2.05) is 13.0 Å². The van der Waals surface area contributed by atoms with Gasteiger partial charge in [0.25, 0.3) is 0 Å². The molecular formula is C19H19N3O. The molecule has 0 bridgehead atoms. The molecule has 2 heterocycles. The monoisotopic (exact) mass is 305 g/mol. The molecule has 0 radical (unpaired) electrons. The Hall–Kier alpha value is -2.59. The summed E-state index contributed by atoms with van der Waals surface area (Å²) in [5.74, 6) is 0.963. The average Bonchev–Trinajstić information content (AvgIpc) is 3.13. The number of aromatic nitrogens is 3. The lowest BCUT2D eigenvalue weighted by Gasteiger charge is -2.05. The number of fused-ring (bicyclic) bond motifs is 3. The predicted octanol–water partition coefficient (Wildman–Crippen LogP) is 3.87. The van der Waals surface area contributed by atoms with E-state index < -0.39 is 0 Å². The highest BCUT2D eigenvalue weighted by atomic mass is 16.5. The van der Waals surface area contributed by atoms with Crippen molar-refractivity contribution in [2.75, 3.05) is 6.61 Å². The Morgan fingerprint density at radius 3 is 2.48 bits per heavy atom. The standard InChI is InChI=1S/C19H19N3O/c1-2-23-14-16-13-22-18-11-7-6-10-17(18)21(19(22)20-16)12-15-8-4-3-5-9-15/h3-11,13H,2,12,14H2,1H3. The Morgan fingerprint density at radius 2 is 1.70 bits per heavy atom. The van der Waals surface area contributed by atoms with E-state index in [0.717, 1.165) is 18.0 Å². The van der Waals surface area contributed by atoms with Crippen LogP contribution in [0.1, 0.15) is 18.2 Å². The SMILES string of the molecule is CCOCc1cn2c3ccccc3n(Cc3ccccc3)c2n1. The van der Waals surface area contributed by atoms with Crippen LogP contribution < -0.4 is 0 Å². The van der Waals surface area contributed by atoms with E-state index in [-0.39, 0.29) is 0 Å². The number of para-hydroxylation sites is 2. The molecule has 0 saturated carbocycles. The van der Waals surface area contributed by atoms with Gasteiger partial charge in [0, 0.05) is 12.8 Å². The van der Waals surface area contributed by atoms with Crippen LogP contribution in [0.15, 0.2) is 60.8 Å². The zero-order valence-corrected chi connectivity index (χ0v) is 13.1. The fourth-order valence-electron chi connectivity index (χ4n) is 2.99. The summed E-state index contributed by atoms with van der Waals surface area (Å²) in [6.45, 7) is 4.06. The van der Waals surface area contributed by atoms with E-state index in [1.54, 1.807) is 0 Å². The molecule has 0 N–H and O–H groups in total. The first-order valence-electron chi connectivity index (χ1n) is 7.93. The van der Waals surface area contributed by atoms with E-state index in [1.165, 1.54) is 16.6 Å². The summed E-state index contributed by atoms with van der Waals surface area (Å²) in [5, 5.41) is 0. The van der Waals surface area contributed by atoms with Crippen molar-refractivity contribution in [3.05, 3.63) is 72.1 Å². The van der Waals surface area contributed by atoms with Crippen molar-refractivity contribution in [2.45, 2.75) is 20.1 Å². The minimum absolute atomic E-state index is 0.553. The van der Waals surface area contributed by atoms with Crippen LogP contribution in [0.5, 0.6) is 0 Å². The molecule has 0 atom stereocenters. The third kappa shape index (κ3) is 2.51. The molecule has 0 aliphatic heterocycles. The van der Waals surface area contributed by atoms with Crippen molar-refractivity contribution in [3.63, 3.8) is 0 Å². The summed E-state index contributed by atoms with van der Waals surface area (Å²) < 4.78 is 9.93. The highest BCUT2D eigenvalue weighted by molar-refractivity contribution is 5.81. The van der Waals surface area contributed by atoms with Gasteiger partial charge >= 0.3 is 0 Å². The molecule has 0 spiro atoms. The van der Waals surface area contributed by atoms with Crippen molar-refractivity contribution in [2.24, 2.45) is 0 Å². The van der Waals surface area contributed by atoms with Gasteiger partial charge in [-0.25, -0.2) is 4.98 Å². The number of benzene rings is 2. The maximum atomic E-state index is 5.50. The third-order valence-electron chi connectivity index (χ3n) is 4.05. The number of hydrogen-bond acceptors (Lipinski definition) is 2. The normalized spacial score (nSPS) is 11.5. The van der Waals surface area contributed by atoms with Gasteiger partial charge in [-0.1, -0.05) is 42.5 Å². The van der Waals surface area contributed by atoms with Gasteiger partial charge in [0.15, 0.2) is 0 Å². The van der Waals surface area contributed by atoms with Crippen LogP contribution in [-0.2, 0) is 17.9 Å². The number of ether oxygens (including phenoxy) is 1. The summed E-state index contributed by atoms with van der Waals surface area (Å²) in [6, 6.07) is 18.9. The number of imidazole rings is 2. The highest BCUT2D eigenvalue weighted by Gasteiger charge is 2.13. The molecule has 0 unspecified atom stereocenters. The molecule has 4 rings (SSSR count). The van der Waals surface area contributed by atoms with Gasteiger partial charge in [0.05, 0.1) is 29.9 Å². The molecule has 2 aromatic carbocycles. The van der Waals surface area contributed by atoms with Crippen LogP contribution in [-0.4, -0.2) is 20.6 Å². The Labute approximate surface area is 135 Å². The molecule has 116 valence electrons. The zero-order valence-electron chi connectivity index (χ0n) is 13.1. The molecule has 0 fully saturated rings. The highest BCUT2D eigenvalue weighted by Crippen LogP contribution is 2.22. The maximum absolute atomic E-state index is 5.50. The Kier molecular flexibility index (Phi) is 3.60. The van der Waals surface area contributed by atoms with Crippen LogP contribution in [0.2, 0.25) is 0 Å². The number of nitrogens with zero attached hydrogens (tertiary/aromatic N) is 3. The lowest BCUT2D eigenvalue weighted by molar-refractivity contribution is 0.131. The van der Waals surface area contributed by atoms with E-state index in [2.05, 4.69) is 63.7 Å². The quantitative estimate of drug-likeness (QED) is 0.560. The zero-order chi connectivity index (χ0) is 15.6. The largest absolute Gasteiger partial charge is 0.375 e. The Balaban J connectivity index is 1.86. The molecule has 23 heavy (non-hydrogen) atoms. The van der Waals surface area contributed by atoms with Gasteiger partial charge in [0.2, 0.25) is 5.78 Å². The van der Waals surface area contributed by atoms with E-state index in [4.69, 9.17) is 9.72 Å². The van der Waals surface area contributed by atoms with E-state index in [9.17, 15) is 0 Å². The average molecular weight is 305 g/mol. The van der Waals surface area contributed by atoms with Gasteiger partial charge in [-0.15, -0.1) is 0 Å². The van der Waals surface area contributed by atoms with Gasteiger partial charge in [-0.3, -0.25) is 4.40 Å². The molecular weight excluding hydrogens is 286 g/mol. The minimum atomic E-state index is 0.553. The summed E-state index contributed by atoms with van der Waals surface area (Å²) in [4.78, 5) is 4.78. The van der Waals surface area contributed by atoms with Gasteiger partial charge < -0.3 is 9.30 Å². The second-order valence-corrected chi connectivity index (χ2v) is 5.60. The van der Waals surface area contributed by atoms with Crippen LogP contribution in [0.4, 0.5) is 0 Å². The molecule has 4 heteroatoms. The Bertz CT molecular complexity index is 937. The fraction of sp³-hybridized carbons (Fsp3) is 0.211. The molecule has 4 aromatic rings. The number of hydrogen-bond donors (Lipinski definition) is 0. The number of rotatable bonds is 5. The first-order chi connectivity index (χ1) is 11.4. The molecule has 0 saturated heterocycles. The summed E-state index contributed by atoms with van der Waals surface area (Å²) >= 11 is 0. The van der Waals surface area contributed by atoms with E-state index >= 15 is 0 Å². The van der Waals surface area contributed by atoms with Crippen molar-refractivity contribution in [3.8, 4) is 0 Å². The lowest BCUT2D eigenvalue weighted by atomic mass is 10.2. The summed E-state index contributed by atoms with van der Waals surface area (Å²) in [5.41, 5.74) is 4.61. The Morgan fingerprint density at radius 1 is 0.957 bits per heavy atom. The first-order valence-corrected chi connectivity index (χ1v) is 7.93. The van der Waals surface area contributed by atoms with Crippen LogP contribution in [0.3, 0.4) is 0 Å². The smallest absolute Gasteiger partial charge is 0.215 e. The minimum Gasteiger partial charge on any atom is -0.375 e. The van der Waals surface area contributed by atoms with Crippen molar-refractivity contribution in [1.82, 2.24) is 14.0 Å². The van der Waals surface area contributed by atoms with Crippen molar-refractivity contribution in [1.29, 1.82) is 0 Å². The van der Waals surface area contributed by atoms with E-state index in [0.29, 0.717) is 13.2 Å². The lowest BCUT2D eigenvalue weighted by Crippen LogP contribution is -2.00. The van der Waals surface area contributed by atoms with Gasteiger partial charge in [-0.05, 0) is 24.6 Å². The molecule has 4 nitrogen and oxygen atoms in total. The summed E-state index contributed by atoms with van der Waals surface area (Å²) in [7, 11) is 0. The van der Waals surface area contributed by atoms with Crippen molar-refractivity contribution < 1.29 is 4.74 Å². The van der Waals surface area contributed by atoms with Crippen LogP contribution in [0.25, 0.3) is 16.8 Å². The van der Waals surface area contributed by atoms with Gasteiger partial charge in [-0.2, -0.15) is 0 Å². The molecule has 2 aromatic heterocycles.